The lowest BCUT2D eigenvalue weighted by Crippen LogP contribution is -2.20. The molecule has 0 saturated carbocycles. The van der Waals surface area contributed by atoms with Gasteiger partial charge in [-0.25, -0.2) is 0 Å². The molecule has 0 spiro atoms. The fraction of sp³-hybridized carbons (Fsp3) is 0.600. The minimum Gasteiger partial charge on any atom is -0.497 e. The smallest absolute Gasteiger partial charge is 0.120 e. The Morgan fingerprint density at radius 3 is 3.08 bits per heavy atom. The quantitative estimate of drug-likeness (QED) is 0.662. The lowest BCUT2D eigenvalue weighted by Gasteiger charge is -2.12. The molecule has 0 aromatic heterocycles. The van der Waals surface area contributed by atoms with E-state index in [2.05, 4.69) is 0 Å². The summed E-state index contributed by atoms with van der Waals surface area (Å²) in [5.41, 5.74) is -0.240. The average Bonchev–Trinajstić information content (AvgIpc) is 2.75. The monoisotopic (exact) mass is 182 g/mol. The van der Waals surface area contributed by atoms with Crippen molar-refractivity contribution < 1.29 is 14.6 Å². The first-order valence-corrected chi connectivity index (χ1v) is 4.47. The Labute approximate surface area is 77.7 Å². The highest BCUT2D eigenvalue weighted by Crippen LogP contribution is 2.45. The average molecular weight is 182 g/mol. The van der Waals surface area contributed by atoms with Crippen molar-refractivity contribution in [3.63, 3.8) is 0 Å². The van der Waals surface area contributed by atoms with Crippen molar-refractivity contribution in [3.05, 3.63) is 24.0 Å². The molecule has 3 unspecified atom stereocenters. The van der Waals surface area contributed by atoms with Gasteiger partial charge in [-0.1, -0.05) is 0 Å². The highest BCUT2D eigenvalue weighted by Gasteiger charge is 2.55. The molecule has 1 N–H and O–H groups in total. The summed E-state index contributed by atoms with van der Waals surface area (Å²) in [6, 6.07) is 0. The van der Waals surface area contributed by atoms with Gasteiger partial charge in [0, 0.05) is 6.42 Å². The zero-order valence-corrected chi connectivity index (χ0v) is 7.86. The van der Waals surface area contributed by atoms with E-state index in [1.165, 1.54) is 0 Å². The number of hydrogen-bond acceptors (Lipinski definition) is 3. The van der Waals surface area contributed by atoms with E-state index < -0.39 is 0 Å². The van der Waals surface area contributed by atoms with Gasteiger partial charge in [-0.15, -0.1) is 0 Å². The number of fused-ring (bicyclic) bond motifs is 1. The van der Waals surface area contributed by atoms with Gasteiger partial charge in [-0.05, 0) is 25.2 Å². The van der Waals surface area contributed by atoms with Gasteiger partial charge >= 0.3 is 0 Å². The van der Waals surface area contributed by atoms with Crippen LogP contribution in [0.25, 0.3) is 0 Å². The summed E-state index contributed by atoms with van der Waals surface area (Å²) in [5, 5.41) is 9.25. The standard InChI is InChI=1S/C10H14O3/c1-7(11)6-10-4-3-8(12-2)5-9(10)13-10/h3-5,7,9,11H,6H2,1-2H3. The van der Waals surface area contributed by atoms with Crippen molar-refractivity contribution in [1.82, 2.24) is 0 Å². The van der Waals surface area contributed by atoms with Crippen LogP contribution in [0.15, 0.2) is 24.0 Å². The van der Waals surface area contributed by atoms with Gasteiger partial charge in [0.2, 0.25) is 0 Å². The molecule has 72 valence electrons. The van der Waals surface area contributed by atoms with Gasteiger partial charge in [0.25, 0.3) is 0 Å². The molecule has 1 aliphatic carbocycles. The molecule has 13 heavy (non-hydrogen) atoms. The number of epoxide rings is 1. The molecule has 2 aliphatic rings. The van der Waals surface area contributed by atoms with Crippen LogP contribution in [0.3, 0.4) is 0 Å². The van der Waals surface area contributed by atoms with E-state index in [0.717, 1.165) is 5.76 Å². The summed E-state index contributed by atoms with van der Waals surface area (Å²) < 4.78 is 10.6. The molecule has 0 aromatic carbocycles. The van der Waals surface area contributed by atoms with Crippen molar-refractivity contribution in [2.45, 2.75) is 31.2 Å². The van der Waals surface area contributed by atoms with E-state index in [-0.39, 0.29) is 17.8 Å². The third-order valence-corrected chi connectivity index (χ3v) is 2.47. The van der Waals surface area contributed by atoms with Crippen LogP contribution in [-0.4, -0.2) is 30.0 Å². The van der Waals surface area contributed by atoms with E-state index in [9.17, 15) is 5.11 Å². The minimum atomic E-state index is -0.327. The Morgan fingerprint density at radius 1 is 1.77 bits per heavy atom. The molecule has 0 aromatic rings. The SMILES string of the molecule is COC1=CC2OC2(CC(C)O)C=C1. The van der Waals surface area contributed by atoms with Crippen molar-refractivity contribution in [1.29, 1.82) is 0 Å². The second kappa shape index (κ2) is 2.86. The van der Waals surface area contributed by atoms with Crippen LogP contribution >= 0.6 is 0 Å². The zero-order valence-electron chi connectivity index (χ0n) is 7.86. The second-order valence-electron chi connectivity index (χ2n) is 3.65. The molecule has 1 saturated heterocycles. The molecule has 0 bridgehead atoms. The van der Waals surface area contributed by atoms with E-state index in [1.807, 2.05) is 18.2 Å². The van der Waals surface area contributed by atoms with Gasteiger partial charge in [0.1, 0.15) is 17.5 Å². The molecule has 0 radical (unpaired) electrons. The zero-order chi connectivity index (χ0) is 9.47. The van der Waals surface area contributed by atoms with E-state index in [0.29, 0.717) is 6.42 Å². The van der Waals surface area contributed by atoms with Gasteiger partial charge < -0.3 is 14.6 Å². The third-order valence-electron chi connectivity index (χ3n) is 2.47. The van der Waals surface area contributed by atoms with Crippen molar-refractivity contribution in [2.75, 3.05) is 7.11 Å². The molecule has 1 aliphatic heterocycles. The van der Waals surface area contributed by atoms with Gasteiger partial charge in [0.15, 0.2) is 0 Å². The van der Waals surface area contributed by atoms with Gasteiger partial charge in [0.05, 0.1) is 13.2 Å². The number of aliphatic hydroxyl groups is 1. The number of ether oxygens (including phenoxy) is 2. The Bertz CT molecular complexity index is 267. The summed E-state index contributed by atoms with van der Waals surface area (Å²) in [6.45, 7) is 1.77. The number of aliphatic hydroxyl groups excluding tert-OH is 1. The van der Waals surface area contributed by atoms with Crippen molar-refractivity contribution in [2.24, 2.45) is 0 Å². The normalized spacial score (nSPS) is 37.8. The molecule has 1 fully saturated rings. The van der Waals surface area contributed by atoms with Crippen LogP contribution < -0.4 is 0 Å². The summed E-state index contributed by atoms with van der Waals surface area (Å²) >= 11 is 0. The number of hydrogen-bond donors (Lipinski definition) is 1. The fourth-order valence-corrected chi connectivity index (χ4v) is 1.77. The van der Waals surface area contributed by atoms with E-state index in [4.69, 9.17) is 9.47 Å². The van der Waals surface area contributed by atoms with Crippen LogP contribution in [0, 0.1) is 0 Å². The molecular weight excluding hydrogens is 168 g/mol. The topological polar surface area (TPSA) is 42.0 Å². The number of allylic oxidation sites excluding steroid dienone is 1. The molecule has 0 amide bonds. The Balaban J connectivity index is 2.04. The highest BCUT2D eigenvalue weighted by atomic mass is 16.6. The number of methoxy groups -OCH3 is 1. The summed E-state index contributed by atoms with van der Waals surface area (Å²) in [6.07, 6.45) is 6.24. The largest absolute Gasteiger partial charge is 0.497 e. The molecule has 3 heteroatoms. The Morgan fingerprint density at radius 2 is 2.54 bits per heavy atom. The molecule has 3 atom stereocenters. The van der Waals surface area contributed by atoms with Crippen LogP contribution in [0.4, 0.5) is 0 Å². The fourth-order valence-electron chi connectivity index (χ4n) is 1.77. The lowest BCUT2D eigenvalue weighted by molar-refractivity contribution is 0.154. The maximum Gasteiger partial charge on any atom is 0.120 e. The highest BCUT2D eigenvalue weighted by molar-refractivity contribution is 5.34. The van der Waals surface area contributed by atoms with Crippen LogP contribution in [0.5, 0.6) is 0 Å². The van der Waals surface area contributed by atoms with Gasteiger partial charge in [-0.3, -0.25) is 0 Å². The molecule has 3 nitrogen and oxygen atoms in total. The van der Waals surface area contributed by atoms with Crippen LogP contribution in [0.2, 0.25) is 0 Å². The summed E-state index contributed by atoms with van der Waals surface area (Å²) in [7, 11) is 1.64. The van der Waals surface area contributed by atoms with Crippen molar-refractivity contribution >= 4 is 0 Å². The maximum atomic E-state index is 9.25. The summed E-state index contributed by atoms with van der Waals surface area (Å²) in [5.74, 6) is 0.837. The summed E-state index contributed by atoms with van der Waals surface area (Å²) in [4.78, 5) is 0. The van der Waals surface area contributed by atoms with E-state index in [1.54, 1.807) is 14.0 Å². The maximum absolute atomic E-state index is 9.25. The molecule has 2 rings (SSSR count). The van der Waals surface area contributed by atoms with Crippen LogP contribution in [-0.2, 0) is 9.47 Å². The van der Waals surface area contributed by atoms with Crippen LogP contribution in [0.1, 0.15) is 13.3 Å². The van der Waals surface area contributed by atoms with E-state index >= 15 is 0 Å². The van der Waals surface area contributed by atoms with Crippen molar-refractivity contribution in [3.8, 4) is 0 Å². The first-order chi connectivity index (χ1) is 6.16. The molecule has 1 heterocycles. The minimum absolute atomic E-state index is 0.0991. The Kier molecular flexibility index (Phi) is 1.93. The predicted octanol–water partition coefficient (Wildman–Crippen LogP) is 0.995. The first kappa shape index (κ1) is 8.78. The lowest BCUT2D eigenvalue weighted by atomic mass is 9.94. The molecular formula is C10H14O3. The second-order valence-corrected chi connectivity index (χ2v) is 3.65. The van der Waals surface area contributed by atoms with Gasteiger partial charge in [-0.2, -0.15) is 0 Å². The predicted molar refractivity (Wildman–Crippen MR) is 48.1 cm³/mol. The number of rotatable bonds is 3. The Hall–Kier alpha value is -0.800. The third kappa shape index (κ3) is 1.49. The first-order valence-electron chi connectivity index (χ1n) is 4.47.